The molecule has 9 aromatic carbocycles. The molecule has 12 rings (SSSR count). The normalized spacial score (nSPS) is 13.1. The van der Waals surface area contributed by atoms with Crippen LogP contribution in [0.1, 0.15) is 25.0 Å². The third kappa shape index (κ3) is 4.68. The Bertz CT molecular complexity index is 3390. The van der Waals surface area contributed by atoms with Gasteiger partial charge in [-0.2, -0.15) is 0 Å². The van der Waals surface area contributed by atoms with Crippen LogP contribution in [0.2, 0.25) is 0 Å². The predicted molar refractivity (Wildman–Crippen MR) is 244 cm³/mol. The van der Waals surface area contributed by atoms with Gasteiger partial charge < -0.3 is 13.9 Å². The van der Waals surface area contributed by atoms with E-state index in [2.05, 4.69) is 228 Å². The molecule has 0 bridgehead atoms. The fraction of sp³-hybridized carbons (Fsp3) is 0.0545. The second-order valence-electron chi connectivity index (χ2n) is 16.2. The molecule has 2 aromatic heterocycles. The number of hydrogen-bond acceptors (Lipinski definition) is 1. The zero-order chi connectivity index (χ0) is 38.5. The summed E-state index contributed by atoms with van der Waals surface area (Å²) >= 11 is 0. The molecule has 0 saturated heterocycles. The fourth-order valence-electron chi connectivity index (χ4n) is 9.96. The van der Waals surface area contributed by atoms with E-state index in [1.807, 2.05) is 0 Å². The quantitative estimate of drug-likeness (QED) is 0.171. The average molecular weight is 742 g/mol. The van der Waals surface area contributed by atoms with Gasteiger partial charge in [0, 0.05) is 44.3 Å². The van der Waals surface area contributed by atoms with Crippen LogP contribution in [0.3, 0.4) is 0 Å². The van der Waals surface area contributed by atoms with Gasteiger partial charge in [0.25, 0.3) is 0 Å². The smallest absolute Gasteiger partial charge is 0.0703 e. The highest BCUT2D eigenvalue weighted by molar-refractivity contribution is 6.23. The van der Waals surface area contributed by atoms with Crippen molar-refractivity contribution >= 4 is 66.2 Å². The van der Waals surface area contributed by atoms with Gasteiger partial charge in [0.1, 0.15) is 0 Å². The summed E-state index contributed by atoms with van der Waals surface area (Å²) in [6.45, 7) is 4.71. The van der Waals surface area contributed by atoms with E-state index in [0.29, 0.717) is 0 Å². The number of fused-ring (bicyclic) bond motifs is 8. The number of anilines is 3. The van der Waals surface area contributed by atoms with Gasteiger partial charge in [-0.3, -0.25) is 0 Å². The number of rotatable bonds is 5. The molecule has 1 aliphatic rings. The Morgan fingerprint density at radius 1 is 0.414 bits per heavy atom. The van der Waals surface area contributed by atoms with Crippen molar-refractivity contribution in [1.82, 2.24) is 8.97 Å². The van der Waals surface area contributed by atoms with Gasteiger partial charge in [0.05, 0.1) is 27.6 Å². The first-order valence-electron chi connectivity index (χ1n) is 20.2. The Hall–Kier alpha value is -7.36. The van der Waals surface area contributed by atoms with Gasteiger partial charge in [0.2, 0.25) is 0 Å². The number of hydrogen-bond donors (Lipinski definition) is 0. The van der Waals surface area contributed by atoms with Crippen LogP contribution in [-0.4, -0.2) is 8.97 Å². The second-order valence-corrected chi connectivity index (χ2v) is 16.2. The highest BCUT2D eigenvalue weighted by atomic mass is 15.1. The standard InChI is InChI=1S/C55H39N3/c1-55(2)47-18-8-6-16-43(47)44-34-32-42(35-48(44)55)56(39-26-23-37(24-27-39)36-13-4-3-5-14-36)40-28-30-41(31-29-40)57-50-20-10-11-21-51(50)58-49-19-9-7-17-45(49)46-33-25-38-15-12-22-52(57)53(38)54(46)58/h3-35H,1-2H3. The van der Waals surface area contributed by atoms with E-state index in [4.69, 9.17) is 0 Å². The molecule has 0 saturated carbocycles. The fourth-order valence-corrected chi connectivity index (χ4v) is 9.96. The van der Waals surface area contributed by atoms with Crippen LogP contribution in [0.4, 0.5) is 17.1 Å². The third-order valence-electron chi connectivity index (χ3n) is 12.7. The maximum Gasteiger partial charge on any atom is 0.0703 e. The van der Waals surface area contributed by atoms with E-state index in [-0.39, 0.29) is 5.41 Å². The molecule has 1 aliphatic carbocycles. The monoisotopic (exact) mass is 741 g/mol. The molecule has 0 fully saturated rings. The predicted octanol–water partition coefficient (Wildman–Crippen LogP) is 14.8. The summed E-state index contributed by atoms with van der Waals surface area (Å²) in [7, 11) is 0. The zero-order valence-electron chi connectivity index (χ0n) is 32.4. The van der Waals surface area contributed by atoms with Crippen molar-refractivity contribution in [3.63, 3.8) is 0 Å². The minimum atomic E-state index is -0.108. The van der Waals surface area contributed by atoms with Crippen LogP contribution < -0.4 is 4.90 Å². The Kier molecular flexibility index (Phi) is 6.98. The number of benzene rings is 9. The maximum atomic E-state index is 2.48. The Morgan fingerprint density at radius 2 is 1.03 bits per heavy atom. The van der Waals surface area contributed by atoms with E-state index >= 15 is 0 Å². The van der Waals surface area contributed by atoms with E-state index in [0.717, 1.165) is 28.3 Å². The minimum Gasteiger partial charge on any atom is -0.310 e. The van der Waals surface area contributed by atoms with Crippen molar-refractivity contribution in [2.75, 3.05) is 4.90 Å². The Morgan fingerprint density at radius 3 is 1.84 bits per heavy atom. The highest BCUT2D eigenvalue weighted by Crippen LogP contribution is 2.51. The van der Waals surface area contributed by atoms with Crippen LogP contribution in [-0.2, 0) is 5.41 Å². The van der Waals surface area contributed by atoms with Crippen molar-refractivity contribution < 1.29 is 0 Å². The van der Waals surface area contributed by atoms with Crippen LogP contribution in [0.25, 0.3) is 77.1 Å². The SMILES string of the molecule is CC1(C)c2ccccc2-c2ccc(N(c3ccc(-c4ccccc4)cc3)c3ccc(-n4c5cccc6ccc7c8ccccc8n(c8ccccc84)c7c65)cc3)cc21. The molecule has 2 heterocycles. The van der Waals surface area contributed by atoms with Crippen molar-refractivity contribution in [2.24, 2.45) is 0 Å². The summed E-state index contributed by atoms with van der Waals surface area (Å²) in [6.07, 6.45) is 0. The summed E-state index contributed by atoms with van der Waals surface area (Å²) in [4.78, 5) is 2.41. The largest absolute Gasteiger partial charge is 0.310 e. The number of para-hydroxylation sites is 3. The molecule has 0 radical (unpaired) electrons. The summed E-state index contributed by atoms with van der Waals surface area (Å²) in [6, 6.07) is 73.7. The molecular formula is C55H39N3. The van der Waals surface area contributed by atoms with Crippen LogP contribution in [0, 0.1) is 0 Å². The molecule has 0 amide bonds. The second kappa shape index (κ2) is 12.3. The summed E-state index contributed by atoms with van der Waals surface area (Å²) in [5, 5.41) is 5.04. The molecule has 0 spiro atoms. The lowest BCUT2D eigenvalue weighted by Gasteiger charge is -2.28. The lowest BCUT2D eigenvalue weighted by Crippen LogP contribution is -2.16. The number of aromatic nitrogens is 2. The molecule has 0 atom stereocenters. The van der Waals surface area contributed by atoms with Crippen molar-refractivity contribution in [3.8, 4) is 27.9 Å². The first-order valence-corrected chi connectivity index (χ1v) is 20.2. The summed E-state index contributed by atoms with van der Waals surface area (Å²) in [5.74, 6) is 0. The average Bonchev–Trinajstić information content (AvgIpc) is 3.68. The van der Waals surface area contributed by atoms with Crippen LogP contribution >= 0.6 is 0 Å². The topological polar surface area (TPSA) is 12.6 Å². The van der Waals surface area contributed by atoms with Crippen molar-refractivity contribution in [1.29, 1.82) is 0 Å². The van der Waals surface area contributed by atoms with Gasteiger partial charge in [-0.1, -0.05) is 141 Å². The van der Waals surface area contributed by atoms with E-state index in [9.17, 15) is 0 Å². The minimum absolute atomic E-state index is 0.108. The first-order chi connectivity index (χ1) is 28.5. The molecule has 3 nitrogen and oxygen atoms in total. The van der Waals surface area contributed by atoms with Gasteiger partial charge >= 0.3 is 0 Å². The van der Waals surface area contributed by atoms with Gasteiger partial charge in [0.15, 0.2) is 0 Å². The summed E-state index contributed by atoms with van der Waals surface area (Å²) in [5.41, 5.74) is 18.1. The van der Waals surface area contributed by atoms with Gasteiger partial charge in [-0.15, -0.1) is 0 Å². The molecular weight excluding hydrogens is 703 g/mol. The van der Waals surface area contributed by atoms with Gasteiger partial charge in [-0.25, -0.2) is 0 Å². The highest BCUT2D eigenvalue weighted by Gasteiger charge is 2.35. The molecule has 0 aliphatic heterocycles. The Labute approximate surface area is 337 Å². The molecule has 11 aromatic rings. The van der Waals surface area contributed by atoms with Crippen molar-refractivity contribution in [2.45, 2.75) is 19.3 Å². The Balaban J connectivity index is 1.07. The van der Waals surface area contributed by atoms with Crippen LogP contribution in [0.5, 0.6) is 0 Å². The van der Waals surface area contributed by atoms with Gasteiger partial charge in [-0.05, 0) is 112 Å². The molecule has 0 N–H and O–H groups in total. The maximum absolute atomic E-state index is 2.48. The van der Waals surface area contributed by atoms with Crippen LogP contribution in [0.15, 0.2) is 200 Å². The lowest BCUT2D eigenvalue weighted by molar-refractivity contribution is 0.660. The summed E-state index contributed by atoms with van der Waals surface area (Å²) < 4.78 is 4.94. The molecule has 0 unspecified atom stereocenters. The molecule has 3 heteroatoms. The molecule has 58 heavy (non-hydrogen) atoms. The molecule has 274 valence electrons. The third-order valence-corrected chi connectivity index (χ3v) is 12.7. The first kappa shape index (κ1) is 32.8. The lowest BCUT2D eigenvalue weighted by atomic mass is 9.82. The van der Waals surface area contributed by atoms with E-state index < -0.39 is 0 Å². The van der Waals surface area contributed by atoms with E-state index in [1.165, 1.54) is 77.0 Å². The van der Waals surface area contributed by atoms with E-state index in [1.54, 1.807) is 0 Å². The zero-order valence-corrected chi connectivity index (χ0v) is 32.4. The number of nitrogens with zero attached hydrogens (tertiary/aromatic N) is 3. The van der Waals surface area contributed by atoms with Crippen molar-refractivity contribution in [3.05, 3.63) is 211 Å².